The molecule has 0 amide bonds. The second-order valence-corrected chi connectivity index (χ2v) is 5.44. The van der Waals surface area contributed by atoms with Crippen molar-refractivity contribution in [1.29, 1.82) is 0 Å². The normalized spacial score (nSPS) is 31.7. The highest BCUT2D eigenvalue weighted by atomic mass is 16.1. The third-order valence-electron chi connectivity index (χ3n) is 4.31. The van der Waals surface area contributed by atoms with Gasteiger partial charge in [0.05, 0.1) is 11.6 Å². The Morgan fingerprint density at radius 1 is 1.11 bits per heavy atom. The van der Waals surface area contributed by atoms with Crippen molar-refractivity contribution in [2.24, 2.45) is 5.92 Å². The maximum absolute atomic E-state index is 12.3. The molecule has 4 nitrogen and oxygen atoms in total. The summed E-state index contributed by atoms with van der Waals surface area (Å²) in [4.78, 5) is 20.2. The summed E-state index contributed by atoms with van der Waals surface area (Å²) in [5.74, 6) is 0.939. The Kier molecular flexibility index (Phi) is 3.37. The van der Waals surface area contributed by atoms with Gasteiger partial charge < -0.3 is 5.32 Å². The Labute approximate surface area is 107 Å². The molecule has 0 bridgehead atoms. The molecule has 2 aliphatic rings. The van der Waals surface area contributed by atoms with E-state index in [2.05, 4.69) is 15.3 Å². The van der Waals surface area contributed by atoms with E-state index in [1.54, 1.807) is 12.4 Å². The van der Waals surface area contributed by atoms with Crippen molar-refractivity contribution in [2.75, 3.05) is 0 Å². The van der Waals surface area contributed by atoms with Crippen LogP contribution in [-0.2, 0) is 0 Å². The molecule has 2 fully saturated rings. The van der Waals surface area contributed by atoms with Gasteiger partial charge in [-0.2, -0.15) is 0 Å². The SMILES string of the molecule is O=C(c1cncnc1)C1CCC2CCCCC2N1. The van der Waals surface area contributed by atoms with Gasteiger partial charge in [0.15, 0.2) is 5.78 Å². The standard InChI is InChI=1S/C14H19N3O/c18-14(11-7-15-9-16-8-11)13-6-5-10-3-1-2-4-12(10)17-13/h7-10,12-13,17H,1-6H2. The molecule has 1 saturated carbocycles. The van der Waals surface area contributed by atoms with E-state index in [9.17, 15) is 4.79 Å². The number of Topliss-reactive ketones (excluding diaryl/α,β-unsaturated/α-hetero) is 1. The maximum atomic E-state index is 12.3. The topological polar surface area (TPSA) is 54.9 Å². The fourth-order valence-corrected chi connectivity index (χ4v) is 3.33. The summed E-state index contributed by atoms with van der Waals surface area (Å²) < 4.78 is 0. The van der Waals surface area contributed by atoms with E-state index in [-0.39, 0.29) is 11.8 Å². The molecule has 96 valence electrons. The lowest BCUT2D eigenvalue weighted by Gasteiger charge is -2.39. The number of fused-ring (bicyclic) bond motifs is 1. The van der Waals surface area contributed by atoms with Gasteiger partial charge in [-0.3, -0.25) is 4.79 Å². The van der Waals surface area contributed by atoms with Gasteiger partial charge in [0.1, 0.15) is 6.33 Å². The van der Waals surface area contributed by atoms with Gasteiger partial charge in [0.25, 0.3) is 0 Å². The Bertz CT molecular complexity index is 420. The van der Waals surface area contributed by atoms with Crippen LogP contribution in [0.1, 0.15) is 48.9 Å². The summed E-state index contributed by atoms with van der Waals surface area (Å²) in [5, 5.41) is 3.55. The third-order valence-corrected chi connectivity index (χ3v) is 4.31. The van der Waals surface area contributed by atoms with Crippen molar-refractivity contribution in [3.05, 3.63) is 24.3 Å². The highest BCUT2D eigenvalue weighted by molar-refractivity contribution is 5.99. The summed E-state index contributed by atoms with van der Waals surface area (Å²) in [5.41, 5.74) is 0.629. The highest BCUT2D eigenvalue weighted by Gasteiger charge is 2.34. The van der Waals surface area contributed by atoms with Crippen LogP contribution >= 0.6 is 0 Å². The van der Waals surface area contributed by atoms with Crippen molar-refractivity contribution in [3.63, 3.8) is 0 Å². The molecule has 0 radical (unpaired) electrons. The van der Waals surface area contributed by atoms with Crippen LogP contribution in [0.2, 0.25) is 0 Å². The Morgan fingerprint density at radius 3 is 2.72 bits per heavy atom. The smallest absolute Gasteiger partial charge is 0.182 e. The molecule has 18 heavy (non-hydrogen) atoms. The zero-order valence-corrected chi connectivity index (χ0v) is 10.5. The quantitative estimate of drug-likeness (QED) is 0.809. The van der Waals surface area contributed by atoms with E-state index < -0.39 is 0 Å². The van der Waals surface area contributed by atoms with Crippen molar-refractivity contribution in [2.45, 2.75) is 50.6 Å². The first-order valence-corrected chi connectivity index (χ1v) is 6.90. The van der Waals surface area contributed by atoms with Crippen LogP contribution in [0, 0.1) is 5.92 Å². The zero-order valence-electron chi connectivity index (χ0n) is 10.5. The monoisotopic (exact) mass is 245 g/mol. The average molecular weight is 245 g/mol. The molecule has 1 N–H and O–H groups in total. The predicted molar refractivity (Wildman–Crippen MR) is 68.3 cm³/mol. The minimum Gasteiger partial charge on any atom is -0.304 e. The van der Waals surface area contributed by atoms with Gasteiger partial charge in [-0.1, -0.05) is 12.8 Å². The Balaban J connectivity index is 1.69. The lowest BCUT2D eigenvalue weighted by atomic mass is 9.77. The predicted octanol–water partition coefficient (Wildman–Crippen LogP) is 1.97. The van der Waals surface area contributed by atoms with Gasteiger partial charge in [-0.15, -0.1) is 0 Å². The van der Waals surface area contributed by atoms with Gasteiger partial charge in [-0.25, -0.2) is 9.97 Å². The minimum atomic E-state index is -0.0321. The number of aromatic nitrogens is 2. The number of rotatable bonds is 2. The number of carbonyl (C=O) groups excluding carboxylic acids is 1. The number of ketones is 1. The molecular weight excluding hydrogens is 226 g/mol. The number of nitrogens with one attached hydrogen (secondary N) is 1. The van der Waals surface area contributed by atoms with Crippen molar-refractivity contribution >= 4 is 5.78 Å². The molecule has 1 aliphatic heterocycles. The molecule has 3 atom stereocenters. The maximum Gasteiger partial charge on any atom is 0.182 e. The van der Waals surface area contributed by atoms with E-state index in [0.29, 0.717) is 11.6 Å². The van der Waals surface area contributed by atoms with E-state index in [1.165, 1.54) is 38.4 Å². The lowest BCUT2D eigenvalue weighted by molar-refractivity contribution is 0.0860. The number of piperidine rings is 1. The molecule has 1 aromatic heterocycles. The highest BCUT2D eigenvalue weighted by Crippen LogP contribution is 2.32. The largest absolute Gasteiger partial charge is 0.304 e. The molecule has 1 saturated heterocycles. The van der Waals surface area contributed by atoms with Crippen molar-refractivity contribution < 1.29 is 4.79 Å². The summed E-state index contributed by atoms with van der Waals surface area (Å²) in [6, 6.07) is 0.515. The van der Waals surface area contributed by atoms with Crippen molar-refractivity contribution in [1.82, 2.24) is 15.3 Å². The van der Waals surface area contributed by atoms with Crippen LogP contribution in [0.25, 0.3) is 0 Å². The average Bonchev–Trinajstić information content (AvgIpc) is 2.47. The second-order valence-electron chi connectivity index (χ2n) is 5.44. The molecule has 1 aromatic rings. The number of hydrogen-bond donors (Lipinski definition) is 1. The third kappa shape index (κ3) is 2.29. The minimum absolute atomic E-state index is 0.0321. The summed E-state index contributed by atoms with van der Waals surface area (Å²) in [7, 11) is 0. The van der Waals surface area contributed by atoms with E-state index in [4.69, 9.17) is 0 Å². The summed E-state index contributed by atoms with van der Waals surface area (Å²) in [6.45, 7) is 0. The number of nitrogens with zero attached hydrogens (tertiary/aromatic N) is 2. The summed E-state index contributed by atoms with van der Waals surface area (Å²) >= 11 is 0. The number of hydrogen-bond acceptors (Lipinski definition) is 4. The molecule has 1 aliphatic carbocycles. The van der Waals surface area contributed by atoms with Crippen LogP contribution in [0.3, 0.4) is 0 Å². The first kappa shape index (κ1) is 11.8. The van der Waals surface area contributed by atoms with E-state index in [1.807, 2.05) is 0 Å². The van der Waals surface area contributed by atoms with Gasteiger partial charge in [0, 0.05) is 18.4 Å². The number of carbonyl (C=O) groups is 1. The van der Waals surface area contributed by atoms with Crippen LogP contribution in [0.15, 0.2) is 18.7 Å². The molecule has 4 heteroatoms. The Morgan fingerprint density at radius 2 is 1.89 bits per heavy atom. The molecule has 0 aromatic carbocycles. The Hall–Kier alpha value is -1.29. The molecule has 0 spiro atoms. The summed E-state index contributed by atoms with van der Waals surface area (Å²) in [6.07, 6.45) is 12.0. The fraction of sp³-hybridized carbons (Fsp3) is 0.643. The van der Waals surface area contributed by atoms with Gasteiger partial charge >= 0.3 is 0 Å². The molecule has 3 unspecified atom stereocenters. The zero-order chi connectivity index (χ0) is 12.4. The molecule has 2 heterocycles. The second kappa shape index (κ2) is 5.14. The van der Waals surface area contributed by atoms with E-state index >= 15 is 0 Å². The van der Waals surface area contributed by atoms with Crippen LogP contribution in [0.4, 0.5) is 0 Å². The van der Waals surface area contributed by atoms with Gasteiger partial charge in [0.2, 0.25) is 0 Å². The van der Waals surface area contributed by atoms with Crippen LogP contribution in [-0.4, -0.2) is 27.8 Å². The van der Waals surface area contributed by atoms with Crippen molar-refractivity contribution in [3.8, 4) is 0 Å². The lowest BCUT2D eigenvalue weighted by Crippen LogP contribution is -2.52. The van der Waals surface area contributed by atoms with Crippen LogP contribution in [0.5, 0.6) is 0 Å². The first-order chi connectivity index (χ1) is 8.84. The first-order valence-electron chi connectivity index (χ1n) is 6.90. The van der Waals surface area contributed by atoms with Gasteiger partial charge in [-0.05, 0) is 31.6 Å². The molecular formula is C14H19N3O. The molecule has 3 rings (SSSR count). The van der Waals surface area contributed by atoms with Crippen LogP contribution < -0.4 is 5.32 Å². The fourth-order valence-electron chi connectivity index (χ4n) is 3.33. The van der Waals surface area contributed by atoms with E-state index in [0.717, 1.165) is 12.3 Å².